The van der Waals surface area contributed by atoms with Crippen LogP contribution in [0.15, 0.2) is 168 Å². The van der Waals surface area contributed by atoms with Crippen LogP contribution in [0.25, 0.3) is 78.4 Å². The third-order valence-corrected chi connectivity index (χ3v) is 10.5. The van der Waals surface area contributed by atoms with Gasteiger partial charge < -0.3 is 4.42 Å². The van der Waals surface area contributed by atoms with Crippen LogP contribution in [0.2, 0.25) is 0 Å². The first-order valence-corrected chi connectivity index (χ1v) is 17.0. The molecule has 0 bridgehead atoms. The van der Waals surface area contributed by atoms with Crippen LogP contribution in [0.1, 0.15) is 22.3 Å². The van der Waals surface area contributed by atoms with Crippen LogP contribution >= 0.6 is 0 Å². The topological polar surface area (TPSA) is 51.8 Å². The van der Waals surface area contributed by atoms with Crippen LogP contribution in [0.5, 0.6) is 0 Å². The zero-order valence-corrected chi connectivity index (χ0v) is 26.8. The summed E-state index contributed by atoms with van der Waals surface area (Å²) in [5.74, 6) is 1.93. The Kier molecular flexibility index (Phi) is 5.56. The Morgan fingerprint density at radius 2 is 0.900 bits per heavy atom. The monoisotopic (exact) mass is 637 g/mol. The summed E-state index contributed by atoms with van der Waals surface area (Å²) in [6.07, 6.45) is 0. The van der Waals surface area contributed by atoms with E-state index >= 15 is 0 Å². The number of fused-ring (bicyclic) bond motifs is 14. The minimum Gasteiger partial charge on any atom is -0.456 e. The first-order valence-electron chi connectivity index (χ1n) is 17.0. The molecule has 0 aliphatic heterocycles. The molecule has 0 radical (unpaired) electrons. The molecule has 0 saturated carbocycles. The molecule has 2 aliphatic rings. The molecule has 2 heterocycles. The first-order chi connectivity index (χ1) is 24.8. The lowest BCUT2D eigenvalue weighted by Crippen LogP contribution is -2.26. The van der Waals surface area contributed by atoms with E-state index in [2.05, 4.69) is 97.1 Å². The highest BCUT2D eigenvalue weighted by Gasteiger charge is 2.53. The molecule has 0 amide bonds. The molecule has 2 aromatic heterocycles. The average molecular weight is 638 g/mol. The summed E-state index contributed by atoms with van der Waals surface area (Å²) >= 11 is 0. The third kappa shape index (κ3) is 3.62. The second-order valence-corrected chi connectivity index (χ2v) is 13.1. The summed E-state index contributed by atoms with van der Waals surface area (Å²) < 4.78 is 6.85. The highest BCUT2D eigenvalue weighted by molar-refractivity contribution is 6.11. The van der Waals surface area contributed by atoms with Crippen LogP contribution in [0, 0.1) is 0 Å². The maximum atomic E-state index is 6.85. The van der Waals surface area contributed by atoms with E-state index in [9.17, 15) is 0 Å². The first kappa shape index (κ1) is 27.3. The minimum atomic E-state index is -0.598. The van der Waals surface area contributed by atoms with Gasteiger partial charge in [-0.05, 0) is 57.1 Å². The number of aromatic nitrogens is 3. The van der Waals surface area contributed by atoms with Gasteiger partial charge in [0.15, 0.2) is 17.5 Å². The van der Waals surface area contributed by atoms with Crippen molar-refractivity contribution in [1.82, 2.24) is 15.0 Å². The smallest absolute Gasteiger partial charge is 0.164 e. The maximum absolute atomic E-state index is 6.85. The number of rotatable bonds is 3. The summed E-state index contributed by atoms with van der Waals surface area (Å²) in [4.78, 5) is 15.2. The van der Waals surface area contributed by atoms with E-state index in [1.807, 2.05) is 66.7 Å². The van der Waals surface area contributed by atoms with Gasteiger partial charge in [-0.1, -0.05) is 146 Å². The number of nitrogens with zero attached hydrogens (tertiary/aromatic N) is 3. The van der Waals surface area contributed by atoms with Crippen molar-refractivity contribution in [2.75, 3.05) is 0 Å². The van der Waals surface area contributed by atoms with Gasteiger partial charge in [0.25, 0.3) is 0 Å². The summed E-state index contributed by atoms with van der Waals surface area (Å²) in [6.45, 7) is 0. The summed E-state index contributed by atoms with van der Waals surface area (Å²) in [6, 6.07) is 57.6. The number of para-hydroxylation sites is 1. The molecular formula is C46H27N3O. The normalized spacial score (nSPS) is 15.3. The number of hydrogen-bond donors (Lipinski definition) is 0. The fourth-order valence-electron chi connectivity index (χ4n) is 8.48. The predicted molar refractivity (Wildman–Crippen MR) is 200 cm³/mol. The van der Waals surface area contributed by atoms with Gasteiger partial charge in [0.1, 0.15) is 11.2 Å². The molecular weight excluding hydrogens is 611 g/mol. The van der Waals surface area contributed by atoms with Gasteiger partial charge in [-0.25, -0.2) is 15.0 Å². The Bertz CT molecular complexity index is 2750. The molecule has 0 N–H and O–H groups in total. The fraction of sp³-hybridized carbons (Fsp3) is 0.0217. The summed E-state index contributed by atoms with van der Waals surface area (Å²) in [5.41, 5.74) is 13.9. The van der Waals surface area contributed by atoms with Crippen LogP contribution in [0.3, 0.4) is 0 Å². The lowest BCUT2D eigenvalue weighted by molar-refractivity contribution is 0.652. The number of hydrogen-bond acceptors (Lipinski definition) is 4. The maximum Gasteiger partial charge on any atom is 0.164 e. The van der Waals surface area contributed by atoms with Crippen LogP contribution in [-0.4, -0.2) is 15.0 Å². The van der Waals surface area contributed by atoms with Gasteiger partial charge in [-0.3, -0.25) is 0 Å². The Hall–Kier alpha value is -6.65. The Labute approximate surface area is 288 Å². The quantitative estimate of drug-likeness (QED) is 0.193. The van der Waals surface area contributed by atoms with Crippen molar-refractivity contribution in [2.45, 2.75) is 5.41 Å². The predicted octanol–water partition coefficient (Wildman–Crippen LogP) is 11.1. The molecule has 1 unspecified atom stereocenters. The van der Waals surface area contributed by atoms with Crippen molar-refractivity contribution in [3.63, 3.8) is 0 Å². The second kappa shape index (κ2) is 10.2. The molecule has 7 aromatic carbocycles. The van der Waals surface area contributed by atoms with Crippen molar-refractivity contribution < 1.29 is 4.42 Å². The van der Waals surface area contributed by atoms with Gasteiger partial charge in [0, 0.05) is 33.0 Å². The molecule has 1 atom stereocenters. The lowest BCUT2D eigenvalue weighted by atomic mass is 9.70. The fourth-order valence-corrected chi connectivity index (χ4v) is 8.48. The largest absolute Gasteiger partial charge is 0.456 e. The summed E-state index contributed by atoms with van der Waals surface area (Å²) in [5, 5.41) is 2.26. The molecule has 2 aliphatic carbocycles. The van der Waals surface area contributed by atoms with E-state index in [0.29, 0.717) is 17.5 Å². The zero-order valence-electron chi connectivity index (χ0n) is 26.8. The SMILES string of the molecule is c1ccc(-c2nc(-c3ccccc3)nc(-c3ccc4c(c3)C3(c5ccccc5-4)c4ccccc4-c4ccc5c(oc6ccccc65)c43)n2)cc1. The van der Waals surface area contributed by atoms with Crippen LogP contribution in [0.4, 0.5) is 0 Å². The second-order valence-electron chi connectivity index (χ2n) is 13.1. The molecule has 9 aromatic rings. The van der Waals surface area contributed by atoms with Gasteiger partial charge in [-0.15, -0.1) is 0 Å². The highest BCUT2D eigenvalue weighted by atomic mass is 16.3. The number of furan rings is 1. The third-order valence-electron chi connectivity index (χ3n) is 10.5. The highest BCUT2D eigenvalue weighted by Crippen LogP contribution is 2.64. The molecule has 11 rings (SSSR count). The molecule has 4 nitrogen and oxygen atoms in total. The van der Waals surface area contributed by atoms with Crippen molar-refractivity contribution in [1.29, 1.82) is 0 Å². The Morgan fingerprint density at radius 3 is 1.58 bits per heavy atom. The van der Waals surface area contributed by atoms with Crippen LogP contribution in [-0.2, 0) is 5.41 Å². The Balaban J connectivity index is 1.23. The molecule has 50 heavy (non-hydrogen) atoms. The van der Waals surface area contributed by atoms with Gasteiger partial charge in [0.2, 0.25) is 0 Å². The Morgan fingerprint density at radius 1 is 0.380 bits per heavy atom. The average Bonchev–Trinajstić information content (AvgIpc) is 3.82. The van der Waals surface area contributed by atoms with Crippen molar-refractivity contribution in [2.24, 2.45) is 0 Å². The molecule has 4 heteroatoms. The van der Waals surface area contributed by atoms with E-state index in [-0.39, 0.29) is 0 Å². The van der Waals surface area contributed by atoms with Gasteiger partial charge >= 0.3 is 0 Å². The molecule has 0 saturated heterocycles. The standard InChI is InChI=1S/C46H27N3O/c1-3-13-28(14-4-1)43-47-44(29-15-5-2-6-16-29)49-45(48-43)30-23-24-33-31-17-7-10-20-37(31)46(39(33)27-30)38-21-11-8-18-32(38)35-25-26-36-34-19-9-12-22-40(34)50-42(36)41(35)46/h1-27H. The van der Waals surface area contributed by atoms with E-state index < -0.39 is 5.41 Å². The minimum absolute atomic E-state index is 0.598. The van der Waals surface area contributed by atoms with Gasteiger partial charge in [-0.2, -0.15) is 0 Å². The summed E-state index contributed by atoms with van der Waals surface area (Å²) in [7, 11) is 0. The van der Waals surface area contributed by atoms with E-state index in [1.165, 1.54) is 44.5 Å². The van der Waals surface area contributed by atoms with Crippen molar-refractivity contribution >= 4 is 21.9 Å². The van der Waals surface area contributed by atoms with E-state index in [1.54, 1.807) is 0 Å². The van der Waals surface area contributed by atoms with E-state index in [4.69, 9.17) is 19.4 Å². The lowest BCUT2D eigenvalue weighted by Gasteiger charge is -2.30. The van der Waals surface area contributed by atoms with E-state index in [0.717, 1.165) is 38.6 Å². The van der Waals surface area contributed by atoms with Crippen molar-refractivity contribution in [3.05, 3.63) is 186 Å². The zero-order chi connectivity index (χ0) is 32.8. The molecule has 0 fully saturated rings. The molecule has 232 valence electrons. The van der Waals surface area contributed by atoms with Crippen LogP contribution < -0.4 is 0 Å². The molecule has 1 spiro atoms. The van der Waals surface area contributed by atoms with Gasteiger partial charge in [0.05, 0.1) is 5.41 Å². The number of benzene rings is 7. The van der Waals surface area contributed by atoms with Crippen molar-refractivity contribution in [3.8, 4) is 56.4 Å².